The second-order valence-electron chi connectivity index (χ2n) is 7.14. The van der Waals surface area contributed by atoms with Crippen LogP contribution in [-0.2, 0) is 26.7 Å². The minimum absolute atomic E-state index is 0.409. The first-order valence-electron chi connectivity index (χ1n) is 9.75. The van der Waals surface area contributed by atoms with Gasteiger partial charge in [-0.05, 0) is 26.2 Å². The molecule has 0 aliphatic carbocycles. The van der Waals surface area contributed by atoms with Gasteiger partial charge < -0.3 is 40.4 Å². The highest BCUT2D eigenvalue weighted by Crippen LogP contribution is 2.16. The van der Waals surface area contributed by atoms with Crippen LogP contribution in [0, 0.1) is 10.1 Å². The van der Waals surface area contributed by atoms with Crippen molar-refractivity contribution in [2.45, 2.75) is 30.7 Å². The van der Waals surface area contributed by atoms with Crippen molar-refractivity contribution in [3.63, 3.8) is 0 Å². The number of carboxylic acids is 3. The Morgan fingerprint density at radius 2 is 1.74 bits per heavy atom. The maximum Gasteiger partial charge on any atom is 0.336 e. The molecule has 0 unspecified atom stereocenters. The van der Waals surface area contributed by atoms with Gasteiger partial charge in [-0.3, -0.25) is 19.7 Å². The van der Waals surface area contributed by atoms with E-state index in [1.165, 1.54) is 0 Å². The third kappa shape index (κ3) is 14.0. The minimum Gasteiger partial charge on any atom is -0.481 e. The molecular weight excluding hydrogens is 476 g/mol. The number of carboxylic acid groups (broad SMARTS) is 3. The van der Waals surface area contributed by atoms with Crippen LogP contribution < -0.4 is 10.6 Å². The van der Waals surface area contributed by atoms with Crippen molar-refractivity contribution in [1.82, 2.24) is 15.5 Å². The minimum atomic E-state index is -2.74. The standard InChI is InChI=1S/C13H22N4O3S.C6H8O7/c1-14-13(9-17(18)19)15-6-7-21-10-12-5-4-11(20-12)8-16(2)3;7-3(8)1-6(13,5(11)12)2-4(9)10/h4-5,9,14-15H,6-8,10H2,1-3H3;13H,1-2H2,(H,7,8)(H,9,10)(H,11,12)/b13-9+;. The van der Waals surface area contributed by atoms with Crippen molar-refractivity contribution in [3.8, 4) is 0 Å². The molecule has 0 aliphatic rings. The number of carbonyl (C=O) groups is 3. The van der Waals surface area contributed by atoms with Crippen LogP contribution in [0.5, 0.6) is 0 Å². The molecule has 0 saturated heterocycles. The van der Waals surface area contributed by atoms with Gasteiger partial charge in [-0.15, -0.1) is 0 Å². The molecule has 192 valence electrons. The Hall–Kier alpha value is -3.30. The number of hydrogen-bond acceptors (Lipinski definition) is 11. The lowest BCUT2D eigenvalue weighted by atomic mass is 9.96. The van der Waals surface area contributed by atoms with Crippen molar-refractivity contribution >= 4 is 29.7 Å². The van der Waals surface area contributed by atoms with E-state index in [0.29, 0.717) is 12.4 Å². The summed E-state index contributed by atoms with van der Waals surface area (Å²) in [5, 5.41) is 49.9. The summed E-state index contributed by atoms with van der Waals surface area (Å²) in [6.45, 7) is 1.44. The zero-order valence-electron chi connectivity index (χ0n) is 19.0. The lowest BCUT2D eigenvalue weighted by molar-refractivity contribution is -0.404. The molecule has 6 N–H and O–H groups in total. The topological polar surface area (TPSA) is 216 Å². The fourth-order valence-electron chi connectivity index (χ4n) is 2.35. The van der Waals surface area contributed by atoms with E-state index in [4.69, 9.17) is 24.8 Å². The Balaban J connectivity index is 0.000000722. The smallest absolute Gasteiger partial charge is 0.336 e. The van der Waals surface area contributed by atoms with Gasteiger partial charge in [0, 0.05) is 19.3 Å². The summed E-state index contributed by atoms with van der Waals surface area (Å²) in [4.78, 5) is 42.4. The van der Waals surface area contributed by atoms with Crippen LogP contribution >= 0.6 is 11.8 Å². The van der Waals surface area contributed by atoms with E-state index in [9.17, 15) is 24.5 Å². The second-order valence-corrected chi connectivity index (χ2v) is 8.25. The lowest BCUT2D eigenvalue weighted by Gasteiger charge is -2.18. The summed E-state index contributed by atoms with van der Waals surface area (Å²) in [5.41, 5.74) is -2.74. The van der Waals surface area contributed by atoms with E-state index < -0.39 is 41.3 Å². The fourth-order valence-corrected chi connectivity index (χ4v) is 3.09. The van der Waals surface area contributed by atoms with E-state index >= 15 is 0 Å². The van der Waals surface area contributed by atoms with Crippen molar-refractivity contribution < 1.29 is 44.2 Å². The number of furan rings is 1. The van der Waals surface area contributed by atoms with Gasteiger partial charge in [-0.2, -0.15) is 11.8 Å². The Morgan fingerprint density at radius 3 is 2.18 bits per heavy atom. The van der Waals surface area contributed by atoms with Gasteiger partial charge >= 0.3 is 17.9 Å². The van der Waals surface area contributed by atoms with Gasteiger partial charge in [0.15, 0.2) is 11.4 Å². The Labute approximate surface area is 199 Å². The molecule has 1 aromatic rings. The van der Waals surface area contributed by atoms with Crippen LogP contribution in [0.15, 0.2) is 28.6 Å². The highest BCUT2D eigenvalue weighted by molar-refractivity contribution is 7.98. The third-order valence-corrected chi connectivity index (χ3v) is 4.77. The maximum absolute atomic E-state index is 10.3. The van der Waals surface area contributed by atoms with Crippen molar-refractivity contribution in [3.05, 3.63) is 45.8 Å². The van der Waals surface area contributed by atoms with Crippen LogP contribution in [0.4, 0.5) is 0 Å². The van der Waals surface area contributed by atoms with Gasteiger partial charge in [-0.25, -0.2) is 4.79 Å². The number of aliphatic hydroxyl groups is 1. The highest BCUT2D eigenvalue weighted by atomic mass is 32.2. The molecule has 1 heterocycles. The molecule has 14 nitrogen and oxygen atoms in total. The van der Waals surface area contributed by atoms with Crippen LogP contribution in [0.25, 0.3) is 0 Å². The SMILES string of the molecule is CN/C(=C\[N+](=O)[O-])NCCSCc1ccc(CN(C)C)o1.O=C(O)CC(O)(CC(=O)O)C(=O)O. The summed E-state index contributed by atoms with van der Waals surface area (Å²) in [6.07, 6.45) is -1.37. The quantitative estimate of drug-likeness (QED) is 0.106. The maximum atomic E-state index is 10.3. The van der Waals surface area contributed by atoms with Gasteiger partial charge in [0.2, 0.25) is 0 Å². The summed E-state index contributed by atoms with van der Waals surface area (Å²) in [5.74, 6) is -1.07. The average Bonchev–Trinajstić information content (AvgIpc) is 3.12. The molecule has 0 amide bonds. The lowest BCUT2D eigenvalue weighted by Crippen LogP contribution is -2.42. The summed E-state index contributed by atoms with van der Waals surface area (Å²) in [7, 11) is 5.64. The Kier molecular flexibility index (Phi) is 14.0. The van der Waals surface area contributed by atoms with Crippen LogP contribution in [0.2, 0.25) is 0 Å². The molecule has 0 aromatic carbocycles. The largest absolute Gasteiger partial charge is 0.481 e. The summed E-state index contributed by atoms with van der Waals surface area (Å²) < 4.78 is 5.70. The molecule has 1 aromatic heterocycles. The number of rotatable bonds is 15. The van der Waals surface area contributed by atoms with Gasteiger partial charge in [0.25, 0.3) is 6.20 Å². The zero-order valence-corrected chi connectivity index (χ0v) is 19.8. The van der Waals surface area contributed by atoms with Crippen LogP contribution in [0.3, 0.4) is 0 Å². The molecule has 0 spiro atoms. The highest BCUT2D eigenvalue weighted by Gasteiger charge is 2.40. The van der Waals surface area contributed by atoms with E-state index in [1.807, 2.05) is 26.2 Å². The van der Waals surface area contributed by atoms with E-state index in [-0.39, 0.29) is 0 Å². The molecule has 0 atom stereocenters. The van der Waals surface area contributed by atoms with Gasteiger partial charge in [-0.1, -0.05) is 0 Å². The number of nitrogens with one attached hydrogen (secondary N) is 2. The molecule has 1 rings (SSSR count). The van der Waals surface area contributed by atoms with Crippen molar-refractivity contribution in [2.75, 3.05) is 33.4 Å². The molecule has 0 bridgehead atoms. The van der Waals surface area contributed by atoms with Gasteiger partial charge in [0.05, 0.1) is 30.1 Å². The number of nitrogens with zero attached hydrogens (tertiary/aromatic N) is 2. The van der Waals surface area contributed by atoms with Crippen LogP contribution in [0.1, 0.15) is 24.4 Å². The second kappa shape index (κ2) is 15.5. The first kappa shape index (κ1) is 30.7. The first-order chi connectivity index (χ1) is 15.8. The van der Waals surface area contributed by atoms with E-state index in [2.05, 4.69) is 15.5 Å². The zero-order chi connectivity index (χ0) is 26.3. The normalized spacial score (nSPS) is 11.4. The Bertz CT molecular complexity index is 840. The summed E-state index contributed by atoms with van der Waals surface area (Å²) >= 11 is 1.72. The molecule has 0 fully saturated rings. The molecule has 0 radical (unpaired) electrons. The number of aliphatic carboxylic acids is 3. The molecule has 0 aliphatic heterocycles. The van der Waals surface area contributed by atoms with Gasteiger partial charge in [0.1, 0.15) is 11.5 Å². The Morgan fingerprint density at radius 1 is 1.18 bits per heavy atom. The molecule has 0 saturated carbocycles. The molecule has 15 heteroatoms. The molecular formula is C19H30N4O10S. The van der Waals surface area contributed by atoms with Crippen molar-refractivity contribution in [1.29, 1.82) is 0 Å². The predicted molar refractivity (Wildman–Crippen MR) is 121 cm³/mol. The van der Waals surface area contributed by atoms with E-state index in [0.717, 1.165) is 35.8 Å². The van der Waals surface area contributed by atoms with Crippen molar-refractivity contribution in [2.24, 2.45) is 0 Å². The number of hydrogen-bond donors (Lipinski definition) is 6. The van der Waals surface area contributed by atoms with Crippen LogP contribution in [-0.4, -0.2) is 87.2 Å². The third-order valence-electron chi connectivity index (χ3n) is 3.78. The average molecular weight is 507 g/mol. The first-order valence-corrected chi connectivity index (χ1v) is 10.9. The number of nitro groups is 1. The monoisotopic (exact) mass is 506 g/mol. The molecule has 34 heavy (non-hydrogen) atoms. The summed E-state index contributed by atoms with van der Waals surface area (Å²) in [6, 6.07) is 3.98. The fraction of sp³-hybridized carbons (Fsp3) is 0.526. The van der Waals surface area contributed by atoms with E-state index in [1.54, 1.807) is 18.8 Å². The number of thioether (sulfide) groups is 1. The predicted octanol–water partition coefficient (Wildman–Crippen LogP) is 0.211.